The van der Waals surface area contributed by atoms with Crippen LogP contribution in [-0.4, -0.2) is 20.6 Å². The molecule has 7 heteroatoms. The molecule has 1 amide bonds. The van der Waals surface area contributed by atoms with Crippen molar-refractivity contribution >= 4 is 17.4 Å². The summed E-state index contributed by atoms with van der Waals surface area (Å²) in [7, 11) is 1.73. The van der Waals surface area contributed by atoms with Crippen LogP contribution in [0.25, 0.3) is 0 Å². The molecule has 0 saturated carbocycles. The second-order valence-electron chi connectivity index (χ2n) is 4.51. The summed E-state index contributed by atoms with van der Waals surface area (Å²) in [5.74, 6) is 0.245. The molecule has 0 spiro atoms. The minimum absolute atomic E-state index is 0.00192. The molecule has 0 aliphatic rings. The van der Waals surface area contributed by atoms with Crippen molar-refractivity contribution in [2.45, 2.75) is 13.8 Å². The van der Waals surface area contributed by atoms with Gasteiger partial charge in [0, 0.05) is 30.3 Å². The van der Waals surface area contributed by atoms with Gasteiger partial charge in [-0.25, -0.2) is 0 Å². The van der Waals surface area contributed by atoms with Gasteiger partial charge in [-0.2, -0.15) is 5.10 Å². The predicted octanol–water partition coefficient (Wildman–Crippen LogP) is 2.20. The van der Waals surface area contributed by atoms with E-state index in [9.17, 15) is 14.9 Å². The molecule has 104 valence electrons. The fourth-order valence-corrected chi connectivity index (χ4v) is 1.92. The highest BCUT2D eigenvalue weighted by Gasteiger charge is 2.14. The third-order valence-corrected chi connectivity index (χ3v) is 2.90. The molecule has 2 rings (SSSR count). The van der Waals surface area contributed by atoms with Gasteiger partial charge in [0.2, 0.25) is 0 Å². The lowest BCUT2D eigenvalue weighted by atomic mass is 10.1. The summed E-state index contributed by atoms with van der Waals surface area (Å²) in [4.78, 5) is 22.4. The summed E-state index contributed by atoms with van der Waals surface area (Å²) in [5.41, 5.74) is 1.61. The van der Waals surface area contributed by atoms with E-state index in [1.165, 1.54) is 18.2 Å². The average molecular weight is 274 g/mol. The molecule has 0 unspecified atom stereocenters. The summed E-state index contributed by atoms with van der Waals surface area (Å²) in [5, 5.41) is 17.6. The highest BCUT2D eigenvalue weighted by molar-refractivity contribution is 6.04. The highest BCUT2D eigenvalue weighted by atomic mass is 16.6. The Morgan fingerprint density at radius 2 is 2.05 bits per heavy atom. The fraction of sp³-hybridized carbons (Fsp3) is 0.231. The van der Waals surface area contributed by atoms with E-state index in [4.69, 9.17) is 0 Å². The van der Waals surface area contributed by atoms with Crippen LogP contribution in [0.15, 0.2) is 24.3 Å². The van der Waals surface area contributed by atoms with E-state index in [1.54, 1.807) is 24.7 Å². The number of benzene rings is 1. The van der Waals surface area contributed by atoms with E-state index >= 15 is 0 Å². The molecule has 20 heavy (non-hydrogen) atoms. The van der Waals surface area contributed by atoms with Crippen LogP contribution in [0.3, 0.4) is 0 Å². The van der Waals surface area contributed by atoms with Gasteiger partial charge in [0.15, 0.2) is 0 Å². The Morgan fingerprint density at radius 3 is 2.55 bits per heavy atom. The Balaban J connectivity index is 2.24. The normalized spacial score (nSPS) is 10.3. The highest BCUT2D eigenvalue weighted by Crippen LogP contribution is 2.19. The van der Waals surface area contributed by atoms with Gasteiger partial charge in [0.1, 0.15) is 5.82 Å². The lowest BCUT2D eigenvalue weighted by Gasteiger charge is -2.06. The van der Waals surface area contributed by atoms with E-state index < -0.39 is 4.92 Å². The zero-order chi connectivity index (χ0) is 14.9. The molecule has 7 nitrogen and oxygen atoms in total. The largest absolute Gasteiger partial charge is 0.307 e. The van der Waals surface area contributed by atoms with Crippen LogP contribution >= 0.6 is 0 Å². The van der Waals surface area contributed by atoms with Crippen LogP contribution in [0, 0.1) is 24.0 Å². The standard InChI is InChI=1S/C13H14N4O3/c1-8-6-10(4-5-11(8)17(19)20)13(18)14-12-7-9(2)15-16(12)3/h4-7H,1-3H3,(H,14,18). The number of aryl methyl sites for hydroxylation is 3. The molecule has 0 atom stereocenters. The van der Waals surface area contributed by atoms with Crippen molar-refractivity contribution in [3.05, 3.63) is 51.2 Å². The molecule has 0 saturated heterocycles. The number of nitro benzene ring substituents is 1. The maximum Gasteiger partial charge on any atom is 0.272 e. The van der Waals surface area contributed by atoms with Gasteiger partial charge in [-0.05, 0) is 26.0 Å². The summed E-state index contributed by atoms with van der Waals surface area (Å²) in [6.07, 6.45) is 0. The Kier molecular flexibility index (Phi) is 3.51. The van der Waals surface area contributed by atoms with Crippen molar-refractivity contribution in [2.24, 2.45) is 7.05 Å². The number of rotatable bonds is 3. The van der Waals surface area contributed by atoms with Crippen molar-refractivity contribution in [3.8, 4) is 0 Å². The van der Waals surface area contributed by atoms with Gasteiger partial charge in [0.25, 0.3) is 11.6 Å². The molecule has 2 aromatic rings. The minimum Gasteiger partial charge on any atom is -0.307 e. The molecule has 1 heterocycles. The monoisotopic (exact) mass is 274 g/mol. The lowest BCUT2D eigenvalue weighted by molar-refractivity contribution is -0.385. The third-order valence-electron chi connectivity index (χ3n) is 2.90. The first kappa shape index (κ1) is 13.7. The van der Waals surface area contributed by atoms with E-state index in [0.717, 1.165) is 5.69 Å². The quantitative estimate of drug-likeness (QED) is 0.686. The molecular formula is C13H14N4O3. The zero-order valence-electron chi connectivity index (χ0n) is 11.4. The number of amides is 1. The molecular weight excluding hydrogens is 260 g/mol. The topological polar surface area (TPSA) is 90.1 Å². The van der Waals surface area contributed by atoms with Gasteiger partial charge >= 0.3 is 0 Å². The second kappa shape index (κ2) is 5.12. The number of aromatic nitrogens is 2. The second-order valence-corrected chi connectivity index (χ2v) is 4.51. The van der Waals surface area contributed by atoms with Crippen molar-refractivity contribution in [2.75, 3.05) is 5.32 Å². The van der Waals surface area contributed by atoms with E-state index in [0.29, 0.717) is 16.9 Å². The van der Waals surface area contributed by atoms with Crippen LogP contribution in [-0.2, 0) is 7.05 Å². The van der Waals surface area contributed by atoms with Gasteiger partial charge < -0.3 is 5.32 Å². The van der Waals surface area contributed by atoms with Crippen LogP contribution < -0.4 is 5.32 Å². The first-order valence-electron chi connectivity index (χ1n) is 5.95. The molecule has 0 radical (unpaired) electrons. The third kappa shape index (κ3) is 2.66. The van der Waals surface area contributed by atoms with Gasteiger partial charge in [-0.1, -0.05) is 0 Å². The zero-order valence-corrected chi connectivity index (χ0v) is 11.4. The number of nitrogens with one attached hydrogen (secondary N) is 1. The first-order valence-corrected chi connectivity index (χ1v) is 5.95. The molecule has 1 N–H and O–H groups in total. The fourth-order valence-electron chi connectivity index (χ4n) is 1.92. The Morgan fingerprint density at radius 1 is 1.35 bits per heavy atom. The summed E-state index contributed by atoms with van der Waals surface area (Å²) >= 11 is 0. The minimum atomic E-state index is -0.471. The Labute approximate surface area is 115 Å². The Hall–Kier alpha value is -2.70. The van der Waals surface area contributed by atoms with Crippen molar-refractivity contribution in [1.29, 1.82) is 0 Å². The average Bonchev–Trinajstić information content (AvgIpc) is 2.67. The van der Waals surface area contributed by atoms with Gasteiger partial charge in [-0.3, -0.25) is 19.6 Å². The number of carbonyl (C=O) groups excluding carboxylic acids is 1. The van der Waals surface area contributed by atoms with Crippen LogP contribution in [0.5, 0.6) is 0 Å². The molecule has 0 bridgehead atoms. The number of nitro groups is 1. The Bertz CT molecular complexity index is 691. The van der Waals surface area contributed by atoms with Gasteiger partial charge in [0.05, 0.1) is 10.6 Å². The van der Waals surface area contributed by atoms with Crippen molar-refractivity contribution in [1.82, 2.24) is 9.78 Å². The molecule has 0 fully saturated rings. The number of carbonyl (C=O) groups is 1. The molecule has 1 aromatic carbocycles. The number of hydrogen-bond donors (Lipinski definition) is 1. The smallest absolute Gasteiger partial charge is 0.272 e. The summed E-state index contributed by atoms with van der Waals surface area (Å²) < 4.78 is 1.56. The van der Waals surface area contributed by atoms with Crippen LogP contribution in [0.1, 0.15) is 21.6 Å². The number of nitrogens with zero attached hydrogens (tertiary/aromatic N) is 3. The predicted molar refractivity (Wildman–Crippen MR) is 73.7 cm³/mol. The van der Waals surface area contributed by atoms with E-state index in [1.807, 2.05) is 6.92 Å². The number of anilines is 1. The van der Waals surface area contributed by atoms with Crippen LogP contribution in [0.2, 0.25) is 0 Å². The van der Waals surface area contributed by atoms with Crippen molar-refractivity contribution < 1.29 is 9.72 Å². The first-order chi connectivity index (χ1) is 9.38. The maximum atomic E-state index is 12.1. The summed E-state index contributed by atoms with van der Waals surface area (Å²) in [6, 6.07) is 6.01. The van der Waals surface area contributed by atoms with E-state index in [-0.39, 0.29) is 11.6 Å². The lowest BCUT2D eigenvalue weighted by Crippen LogP contribution is -2.14. The van der Waals surface area contributed by atoms with E-state index in [2.05, 4.69) is 10.4 Å². The van der Waals surface area contributed by atoms with Gasteiger partial charge in [-0.15, -0.1) is 0 Å². The molecule has 1 aromatic heterocycles. The van der Waals surface area contributed by atoms with Crippen molar-refractivity contribution in [3.63, 3.8) is 0 Å². The maximum absolute atomic E-state index is 12.1. The number of hydrogen-bond acceptors (Lipinski definition) is 4. The molecule has 0 aliphatic heterocycles. The SMILES string of the molecule is Cc1cc(NC(=O)c2ccc([N+](=O)[O-])c(C)c2)n(C)n1. The molecule has 0 aliphatic carbocycles. The van der Waals surface area contributed by atoms with Crippen LogP contribution in [0.4, 0.5) is 11.5 Å². The summed E-state index contributed by atoms with van der Waals surface area (Å²) in [6.45, 7) is 3.43.